The van der Waals surface area contributed by atoms with Gasteiger partial charge in [0.2, 0.25) is 5.91 Å². The topological polar surface area (TPSA) is 77.1 Å². The molecule has 0 saturated heterocycles. The van der Waals surface area contributed by atoms with Crippen molar-refractivity contribution in [1.29, 1.82) is 0 Å². The molecular formula is C20H16FN3O3S2. The quantitative estimate of drug-likeness (QED) is 0.358. The van der Waals surface area contributed by atoms with Gasteiger partial charge in [-0.05, 0) is 41.3 Å². The monoisotopic (exact) mass is 429 g/mol. The Morgan fingerprint density at radius 1 is 1.24 bits per heavy atom. The molecule has 0 fully saturated rings. The van der Waals surface area contributed by atoms with Crippen molar-refractivity contribution in [3.05, 3.63) is 81.6 Å². The van der Waals surface area contributed by atoms with Crippen molar-refractivity contribution in [3.8, 4) is 0 Å². The van der Waals surface area contributed by atoms with Crippen LogP contribution in [-0.2, 0) is 17.9 Å². The van der Waals surface area contributed by atoms with Gasteiger partial charge < -0.3 is 9.73 Å². The molecule has 4 aromatic rings. The summed E-state index contributed by atoms with van der Waals surface area (Å²) in [4.78, 5) is 29.7. The van der Waals surface area contributed by atoms with Crippen LogP contribution in [0.1, 0.15) is 11.3 Å². The largest absolute Gasteiger partial charge is 0.467 e. The van der Waals surface area contributed by atoms with Crippen LogP contribution in [-0.4, -0.2) is 21.2 Å². The highest BCUT2D eigenvalue weighted by Gasteiger charge is 2.15. The van der Waals surface area contributed by atoms with Crippen molar-refractivity contribution in [2.75, 3.05) is 5.75 Å². The molecule has 4 rings (SSSR count). The number of thioether (sulfide) groups is 1. The summed E-state index contributed by atoms with van der Waals surface area (Å²) in [5.41, 5.74) is 1.21. The standard InChI is InChI=1S/C20H16FN3O3S2/c21-14-5-3-13(4-6-14)11-24-19(26)18-16(7-9-28-18)23-20(24)29-12-17(25)22-10-15-2-1-8-27-15/h1-9H,10-12H2,(H,22,25). The second kappa shape index (κ2) is 8.62. The van der Waals surface area contributed by atoms with E-state index in [4.69, 9.17) is 4.42 Å². The number of furan rings is 1. The number of nitrogens with one attached hydrogen (secondary N) is 1. The number of carbonyl (C=O) groups is 1. The Labute approximate surface area is 173 Å². The molecule has 1 N–H and O–H groups in total. The minimum atomic E-state index is -0.337. The van der Waals surface area contributed by atoms with Gasteiger partial charge in [0.1, 0.15) is 16.3 Å². The maximum absolute atomic E-state index is 13.2. The van der Waals surface area contributed by atoms with E-state index < -0.39 is 0 Å². The van der Waals surface area contributed by atoms with Crippen LogP contribution in [0, 0.1) is 5.82 Å². The predicted octanol–water partition coefficient (Wildman–Crippen LogP) is 3.65. The molecule has 0 atom stereocenters. The molecule has 0 aliphatic heterocycles. The van der Waals surface area contributed by atoms with Crippen LogP contribution in [0.15, 0.2) is 68.5 Å². The van der Waals surface area contributed by atoms with E-state index in [1.165, 1.54) is 39.8 Å². The number of hydrogen-bond acceptors (Lipinski definition) is 6. The third kappa shape index (κ3) is 4.57. The number of thiophene rings is 1. The van der Waals surface area contributed by atoms with Crippen molar-refractivity contribution in [3.63, 3.8) is 0 Å². The molecule has 0 radical (unpaired) electrons. The van der Waals surface area contributed by atoms with E-state index in [2.05, 4.69) is 10.3 Å². The van der Waals surface area contributed by atoms with Gasteiger partial charge in [-0.25, -0.2) is 9.37 Å². The van der Waals surface area contributed by atoms with Gasteiger partial charge in [-0.2, -0.15) is 0 Å². The lowest BCUT2D eigenvalue weighted by atomic mass is 10.2. The lowest BCUT2D eigenvalue weighted by Gasteiger charge is -2.12. The summed E-state index contributed by atoms with van der Waals surface area (Å²) in [6, 6.07) is 11.3. The lowest BCUT2D eigenvalue weighted by Crippen LogP contribution is -2.26. The number of aromatic nitrogens is 2. The van der Waals surface area contributed by atoms with E-state index in [0.29, 0.717) is 27.7 Å². The van der Waals surface area contributed by atoms with Crippen LogP contribution in [0.25, 0.3) is 10.2 Å². The summed E-state index contributed by atoms with van der Waals surface area (Å²) in [6.07, 6.45) is 1.55. The fourth-order valence-electron chi connectivity index (χ4n) is 2.73. The summed E-state index contributed by atoms with van der Waals surface area (Å²) in [7, 11) is 0. The van der Waals surface area contributed by atoms with Gasteiger partial charge in [0.25, 0.3) is 5.56 Å². The molecule has 3 heterocycles. The third-order valence-electron chi connectivity index (χ3n) is 4.16. The molecule has 0 unspecified atom stereocenters. The van der Waals surface area contributed by atoms with Gasteiger partial charge in [-0.3, -0.25) is 14.2 Å². The van der Waals surface area contributed by atoms with E-state index in [1.807, 2.05) is 5.38 Å². The number of hydrogen-bond donors (Lipinski definition) is 1. The van der Waals surface area contributed by atoms with Gasteiger partial charge in [0, 0.05) is 0 Å². The molecule has 3 aromatic heterocycles. The number of halogens is 1. The van der Waals surface area contributed by atoms with Crippen LogP contribution < -0.4 is 10.9 Å². The highest BCUT2D eigenvalue weighted by atomic mass is 32.2. The molecular weight excluding hydrogens is 413 g/mol. The minimum Gasteiger partial charge on any atom is -0.467 e. The van der Waals surface area contributed by atoms with Gasteiger partial charge in [-0.1, -0.05) is 23.9 Å². The van der Waals surface area contributed by atoms with Crippen LogP contribution >= 0.6 is 23.1 Å². The Morgan fingerprint density at radius 2 is 2.07 bits per heavy atom. The van der Waals surface area contributed by atoms with E-state index in [9.17, 15) is 14.0 Å². The zero-order valence-electron chi connectivity index (χ0n) is 15.1. The van der Waals surface area contributed by atoms with E-state index in [-0.39, 0.29) is 29.6 Å². The zero-order chi connectivity index (χ0) is 20.2. The highest BCUT2D eigenvalue weighted by Crippen LogP contribution is 2.21. The Balaban J connectivity index is 1.54. The van der Waals surface area contributed by atoms with Crippen molar-refractivity contribution < 1.29 is 13.6 Å². The summed E-state index contributed by atoms with van der Waals surface area (Å²) < 4.78 is 20.5. The first-order valence-corrected chi connectivity index (χ1v) is 10.6. The number of carbonyl (C=O) groups excluding carboxylic acids is 1. The minimum absolute atomic E-state index is 0.103. The summed E-state index contributed by atoms with van der Waals surface area (Å²) in [5.74, 6) is 0.233. The lowest BCUT2D eigenvalue weighted by molar-refractivity contribution is -0.118. The predicted molar refractivity (Wildman–Crippen MR) is 111 cm³/mol. The maximum Gasteiger partial charge on any atom is 0.272 e. The number of amides is 1. The van der Waals surface area contributed by atoms with E-state index >= 15 is 0 Å². The Kier molecular flexibility index (Phi) is 5.77. The van der Waals surface area contributed by atoms with Gasteiger partial charge in [-0.15, -0.1) is 11.3 Å². The fourth-order valence-corrected chi connectivity index (χ4v) is 4.33. The molecule has 0 spiro atoms. The molecule has 148 valence electrons. The Hall–Kier alpha value is -2.91. The van der Waals surface area contributed by atoms with Crippen LogP contribution in [0.5, 0.6) is 0 Å². The molecule has 1 amide bonds. The van der Waals surface area contributed by atoms with E-state index in [0.717, 1.165) is 5.56 Å². The third-order valence-corrected chi connectivity index (χ3v) is 6.03. The van der Waals surface area contributed by atoms with Gasteiger partial charge >= 0.3 is 0 Å². The van der Waals surface area contributed by atoms with Crippen molar-refractivity contribution in [2.45, 2.75) is 18.2 Å². The Morgan fingerprint density at radius 3 is 2.83 bits per heavy atom. The molecule has 6 nitrogen and oxygen atoms in total. The second-order valence-corrected chi connectivity index (χ2v) is 8.05. The summed E-state index contributed by atoms with van der Waals surface area (Å²) in [5, 5.41) is 5.02. The maximum atomic E-state index is 13.2. The second-order valence-electron chi connectivity index (χ2n) is 6.19. The molecule has 9 heteroatoms. The highest BCUT2D eigenvalue weighted by molar-refractivity contribution is 7.99. The average Bonchev–Trinajstić information content (AvgIpc) is 3.40. The number of nitrogens with zero attached hydrogens (tertiary/aromatic N) is 2. The number of rotatable bonds is 7. The smallest absolute Gasteiger partial charge is 0.272 e. The SMILES string of the molecule is O=C(CSc1nc2ccsc2c(=O)n1Cc1ccc(F)cc1)NCc1ccco1. The van der Waals surface area contributed by atoms with Crippen molar-refractivity contribution in [2.24, 2.45) is 0 Å². The molecule has 0 bridgehead atoms. The fraction of sp³-hybridized carbons (Fsp3) is 0.150. The molecule has 0 aliphatic rings. The molecule has 29 heavy (non-hydrogen) atoms. The van der Waals surface area contributed by atoms with E-state index in [1.54, 1.807) is 36.6 Å². The van der Waals surface area contributed by atoms with Crippen molar-refractivity contribution >= 4 is 39.2 Å². The van der Waals surface area contributed by atoms with Crippen LogP contribution in [0.2, 0.25) is 0 Å². The van der Waals surface area contributed by atoms with Gasteiger partial charge in [0.05, 0.1) is 30.6 Å². The first-order valence-electron chi connectivity index (χ1n) is 8.74. The first kappa shape index (κ1) is 19.4. The van der Waals surface area contributed by atoms with Crippen LogP contribution in [0.4, 0.5) is 4.39 Å². The molecule has 0 aliphatic carbocycles. The number of benzene rings is 1. The molecule has 1 aromatic carbocycles. The Bertz CT molecular complexity index is 1180. The van der Waals surface area contributed by atoms with Crippen LogP contribution in [0.3, 0.4) is 0 Å². The first-order chi connectivity index (χ1) is 14.1. The number of fused-ring (bicyclic) bond motifs is 1. The average molecular weight is 429 g/mol. The normalized spacial score (nSPS) is 11.1. The zero-order valence-corrected chi connectivity index (χ0v) is 16.8. The summed E-state index contributed by atoms with van der Waals surface area (Å²) >= 11 is 2.51. The van der Waals surface area contributed by atoms with Gasteiger partial charge in [0.15, 0.2) is 5.16 Å². The summed E-state index contributed by atoms with van der Waals surface area (Å²) in [6.45, 7) is 0.544. The molecule has 0 saturated carbocycles. The van der Waals surface area contributed by atoms with Crippen molar-refractivity contribution in [1.82, 2.24) is 14.9 Å².